The average molecular weight is 331 g/mol. The summed E-state index contributed by atoms with van der Waals surface area (Å²) in [6.07, 6.45) is 8.65. The summed E-state index contributed by atoms with van der Waals surface area (Å²) in [6, 6.07) is 8.01. The van der Waals surface area contributed by atoms with E-state index in [1.54, 1.807) is 0 Å². The van der Waals surface area contributed by atoms with Crippen LogP contribution in [-0.4, -0.2) is 43.3 Å². The van der Waals surface area contributed by atoms with E-state index in [0.717, 1.165) is 63.3 Å². The Labute approximate surface area is 144 Å². The summed E-state index contributed by atoms with van der Waals surface area (Å²) in [5, 5.41) is 6.43. The quantitative estimate of drug-likeness (QED) is 0.773. The fourth-order valence-corrected chi connectivity index (χ4v) is 3.22. The third-order valence-electron chi connectivity index (χ3n) is 4.85. The van der Waals surface area contributed by atoms with Crippen LogP contribution < -0.4 is 10.6 Å². The van der Waals surface area contributed by atoms with E-state index in [-0.39, 0.29) is 6.03 Å². The molecule has 0 radical (unpaired) electrons. The molecule has 2 aliphatic rings. The van der Waals surface area contributed by atoms with Crippen molar-refractivity contribution in [2.75, 3.05) is 36.9 Å². The van der Waals surface area contributed by atoms with Crippen LogP contribution in [0, 0.1) is 0 Å². The van der Waals surface area contributed by atoms with Gasteiger partial charge in [0.2, 0.25) is 0 Å². The van der Waals surface area contributed by atoms with Crippen LogP contribution >= 0.6 is 0 Å². The Balaban J connectivity index is 1.39. The lowest BCUT2D eigenvalue weighted by Crippen LogP contribution is -2.35. The molecule has 24 heavy (non-hydrogen) atoms. The van der Waals surface area contributed by atoms with Gasteiger partial charge in [0.15, 0.2) is 0 Å². The molecule has 2 fully saturated rings. The van der Waals surface area contributed by atoms with Crippen LogP contribution in [0.3, 0.4) is 0 Å². The topological polar surface area (TPSA) is 53.6 Å². The molecule has 5 heteroatoms. The third kappa shape index (κ3) is 5.13. The number of hydrogen-bond acceptors (Lipinski definition) is 3. The molecule has 1 aromatic rings. The molecule has 2 heterocycles. The van der Waals surface area contributed by atoms with Crippen molar-refractivity contribution in [2.24, 2.45) is 0 Å². The number of nitrogens with one attached hydrogen (secondary N) is 2. The minimum Gasteiger partial charge on any atom is -0.385 e. The predicted octanol–water partition coefficient (Wildman–Crippen LogP) is 4.08. The van der Waals surface area contributed by atoms with E-state index >= 15 is 0 Å². The molecule has 2 N–H and O–H groups in total. The van der Waals surface area contributed by atoms with Gasteiger partial charge in [-0.3, -0.25) is 0 Å². The first-order chi connectivity index (χ1) is 11.8. The zero-order valence-electron chi connectivity index (χ0n) is 14.4. The standard InChI is InChI=1S/C19H29N3O2/c23-19(22-13-3-1-2-4-14-22)21-17-9-7-16(8-10-17)20-12-5-6-18-11-15-24-18/h7-10,18,20H,1-6,11-15H2,(H,21,23). The molecule has 2 amide bonds. The Hall–Kier alpha value is -1.75. The summed E-state index contributed by atoms with van der Waals surface area (Å²) in [5.41, 5.74) is 1.95. The van der Waals surface area contributed by atoms with Gasteiger partial charge >= 0.3 is 6.03 Å². The van der Waals surface area contributed by atoms with Gasteiger partial charge in [-0.1, -0.05) is 12.8 Å². The van der Waals surface area contributed by atoms with Crippen LogP contribution in [0.25, 0.3) is 0 Å². The summed E-state index contributed by atoms with van der Waals surface area (Å²) in [7, 11) is 0. The van der Waals surface area contributed by atoms with Gasteiger partial charge in [0, 0.05) is 37.6 Å². The van der Waals surface area contributed by atoms with Gasteiger partial charge in [0.05, 0.1) is 6.10 Å². The van der Waals surface area contributed by atoms with E-state index in [2.05, 4.69) is 10.6 Å². The maximum absolute atomic E-state index is 12.3. The molecule has 1 atom stereocenters. The first kappa shape index (κ1) is 17.1. The molecule has 2 saturated heterocycles. The van der Waals surface area contributed by atoms with Crippen molar-refractivity contribution >= 4 is 17.4 Å². The van der Waals surface area contributed by atoms with Crippen molar-refractivity contribution in [3.05, 3.63) is 24.3 Å². The molecule has 0 aliphatic carbocycles. The van der Waals surface area contributed by atoms with Gasteiger partial charge in [-0.05, 0) is 56.4 Å². The Morgan fingerprint density at radius 1 is 1.08 bits per heavy atom. The first-order valence-corrected chi connectivity index (χ1v) is 9.33. The summed E-state index contributed by atoms with van der Waals surface area (Å²) in [5.74, 6) is 0. The maximum atomic E-state index is 12.3. The zero-order chi connectivity index (χ0) is 16.6. The lowest BCUT2D eigenvalue weighted by Gasteiger charge is -2.26. The molecule has 132 valence electrons. The van der Waals surface area contributed by atoms with Crippen molar-refractivity contribution < 1.29 is 9.53 Å². The van der Waals surface area contributed by atoms with Gasteiger partial charge in [0.25, 0.3) is 0 Å². The number of rotatable bonds is 6. The van der Waals surface area contributed by atoms with Gasteiger partial charge < -0.3 is 20.3 Å². The van der Waals surface area contributed by atoms with Crippen LogP contribution in [0.4, 0.5) is 16.2 Å². The van der Waals surface area contributed by atoms with Gasteiger partial charge in [-0.25, -0.2) is 4.79 Å². The van der Waals surface area contributed by atoms with E-state index in [0.29, 0.717) is 6.10 Å². The monoisotopic (exact) mass is 331 g/mol. The van der Waals surface area contributed by atoms with E-state index in [9.17, 15) is 4.79 Å². The predicted molar refractivity (Wildman–Crippen MR) is 97.6 cm³/mol. The second kappa shape index (κ2) is 8.92. The van der Waals surface area contributed by atoms with Crippen LogP contribution in [0.5, 0.6) is 0 Å². The van der Waals surface area contributed by atoms with Gasteiger partial charge in [-0.2, -0.15) is 0 Å². The molecule has 0 aromatic heterocycles. The van der Waals surface area contributed by atoms with E-state index in [1.165, 1.54) is 19.3 Å². The average Bonchev–Trinajstić information content (AvgIpc) is 2.84. The Morgan fingerprint density at radius 3 is 2.38 bits per heavy atom. The highest BCUT2D eigenvalue weighted by molar-refractivity contribution is 5.89. The highest BCUT2D eigenvalue weighted by Gasteiger charge is 2.17. The molecular weight excluding hydrogens is 302 g/mol. The highest BCUT2D eigenvalue weighted by Crippen LogP contribution is 2.18. The number of ether oxygens (including phenoxy) is 1. The highest BCUT2D eigenvalue weighted by atomic mass is 16.5. The molecule has 0 saturated carbocycles. The molecule has 0 bridgehead atoms. The number of carbonyl (C=O) groups excluding carboxylic acids is 1. The Morgan fingerprint density at radius 2 is 1.75 bits per heavy atom. The number of anilines is 2. The van der Waals surface area contributed by atoms with E-state index in [4.69, 9.17) is 4.74 Å². The summed E-state index contributed by atoms with van der Waals surface area (Å²) in [4.78, 5) is 14.2. The Bertz CT molecular complexity index is 506. The molecule has 2 aliphatic heterocycles. The molecule has 5 nitrogen and oxygen atoms in total. The van der Waals surface area contributed by atoms with Crippen molar-refractivity contribution in [2.45, 2.75) is 51.0 Å². The number of carbonyl (C=O) groups is 1. The number of benzene rings is 1. The summed E-state index contributed by atoms with van der Waals surface area (Å²) < 4.78 is 5.42. The minimum absolute atomic E-state index is 0.0260. The van der Waals surface area contributed by atoms with Crippen LogP contribution in [-0.2, 0) is 4.74 Å². The van der Waals surface area contributed by atoms with Crippen LogP contribution in [0.1, 0.15) is 44.9 Å². The SMILES string of the molecule is O=C(Nc1ccc(NCCCC2CCO2)cc1)N1CCCCCC1. The lowest BCUT2D eigenvalue weighted by molar-refractivity contribution is -0.0548. The zero-order valence-corrected chi connectivity index (χ0v) is 14.4. The fraction of sp³-hybridized carbons (Fsp3) is 0.632. The van der Waals surface area contributed by atoms with E-state index < -0.39 is 0 Å². The fourth-order valence-electron chi connectivity index (χ4n) is 3.22. The second-order valence-electron chi connectivity index (χ2n) is 6.76. The summed E-state index contributed by atoms with van der Waals surface area (Å²) in [6.45, 7) is 3.63. The third-order valence-corrected chi connectivity index (χ3v) is 4.85. The van der Waals surface area contributed by atoms with Crippen LogP contribution in [0.2, 0.25) is 0 Å². The first-order valence-electron chi connectivity index (χ1n) is 9.33. The number of nitrogens with zero attached hydrogens (tertiary/aromatic N) is 1. The number of amides is 2. The number of hydrogen-bond donors (Lipinski definition) is 2. The molecule has 1 unspecified atom stereocenters. The Kier molecular flexibility index (Phi) is 6.35. The van der Waals surface area contributed by atoms with E-state index in [1.807, 2.05) is 29.2 Å². The van der Waals surface area contributed by atoms with Gasteiger partial charge in [-0.15, -0.1) is 0 Å². The molecule has 1 aromatic carbocycles. The number of likely N-dealkylation sites (tertiary alicyclic amines) is 1. The van der Waals surface area contributed by atoms with Crippen molar-refractivity contribution in [3.63, 3.8) is 0 Å². The van der Waals surface area contributed by atoms with Crippen molar-refractivity contribution in [1.82, 2.24) is 4.90 Å². The minimum atomic E-state index is 0.0260. The normalized spacial score (nSPS) is 20.8. The van der Waals surface area contributed by atoms with Crippen LogP contribution in [0.15, 0.2) is 24.3 Å². The van der Waals surface area contributed by atoms with Crippen molar-refractivity contribution in [3.8, 4) is 0 Å². The van der Waals surface area contributed by atoms with Gasteiger partial charge in [0.1, 0.15) is 0 Å². The summed E-state index contributed by atoms with van der Waals surface area (Å²) >= 11 is 0. The largest absolute Gasteiger partial charge is 0.385 e. The smallest absolute Gasteiger partial charge is 0.321 e. The van der Waals surface area contributed by atoms with Crippen molar-refractivity contribution in [1.29, 1.82) is 0 Å². The second-order valence-corrected chi connectivity index (χ2v) is 6.76. The molecule has 0 spiro atoms. The molecule has 3 rings (SSSR count). The molecular formula is C19H29N3O2. The number of urea groups is 1. The lowest BCUT2D eigenvalue weighted by atomic mass is 10.1. The maximum Gasteiger partial charge on any atom is 0.321 e.